The number of ether oxygens (including phenoxy) is 3. The molecule has 1 amide bonds. The van der Waals surface area contributed by atoms with Crippen LogP contribution in [0, 0.1) is 6.92 Å². The lowest BCUT2D eigenvalue weighted by molar-refractivity contribution is -0.142. The molecule has 0 aliphatic carbocycles. The van der Waals surface area contributed by atoms with Crippen LogP contribution in [0.25, 0.3) is 6.08 Å². The maximum atomic E-state index is 11.8. The van der Waals surface area contributed by atoms with Crippen LogP contribution in [0.1, 0.15) is 11.1 Å². The fourth-order valence-corrected chi connectivity index (χ4v) is 2.23. The third-order valence-corrected chi connectivity index (χ3v) is 3.48. The van der Waals surface area contributed by atoms with Crippen molar-refractivity contribution in [2.24, 2.45) is 0 Å². The number of rotatable bonds is 7. The molecule has 0 unspecified atom stereocenters. The largest absolute Gasteiger partial charge is 0.497 e. The SMILES string of the molecule is COc1ccc(OC)c(/C=C/C(=O)OCC(=O)Nc2cccc(C)c2)c1. The van der Waals surface area contributed by atoms with Gasteiger partial charge in [0.1, 0.15) is 11.5 Å². The zero-order valence-corrected chi connectivity index (χ0v) is 14.9. The minimum atomic E-state index is -0.630. The van der Waals surface area contributed by atoms with Crippen molar-refractivity contribution in [1.82, 2.24) is 0 Å². The van der Waals surface area contributed by atoms with E-state index in [4.69, 9.17) is 14.2 Å². The Morgan fingerprint density at radius 3 is 2.58 bits per heavy atom. The smallest absolute Gasteiger partial charge is 0.331 e. The maximum absolute atomic E-state index is 11.8. The Morgan fingerprint density at radius 1 is 1.08 bits per heavy atom. The van der Waals surface area contributed by atoms with Crippen LogP contribution in [-0.4, -0.2) is 32.7 Å². The summed E-state index contributed by atoms with van der Waals surface area (Å²) < 4.78 is 15.3. The molecule has 6 nitrogen and oxygen atoms in total. The number of benzene rings is 2. The van der Waals surface area contributed by atoms with Gasteiger partial charge >= 0.3 is 5.97 Å². The quantitative estimate of drug-likeness (QED) is 0.610. The second-order valence-electron chi connectivity index (χ2n) is 5.47. The lowest BCUT2D eigenvalue weighted by Gasteiger charge is -2.07. The molecule has 0 fully saturated rings. The van der Waals surface area contributed by atoms with E-state index in [-0.39, 0.29) is 6.61 Å². The van der Waals surface area contributed by atoms with Gasteiger partial charge in [-0.3, -0.25) is 4.79 Å². The molecule has 1 N–H and O–H groups in total. The number of amides is 1. The molecule has 2 aromatic rings. The van der Waals surface area contributed by atoms with Crippen LogP contribution < -0.4 is 14.8 Å². The first-order chi connectivity index (χ1) is 12.5. The Labute approximate surface area is 152 Å². The van der Waals surface area contributed by atoms with E-state index in [9.17, 15) is 9.59 Å². The van der Waals surface area contributed by atoms with E-state index in [2.05, 4.69) is 5.32 Å². The zero-order valence-electron chi connectivity index (χ0n) is 14.9. The molecular weight excluding hydrogens is 334 g/mol. The van der Waals surface area contributed by atoms with Crippen LogP contribution in [0.4, 0.5) is 5.69 Å². The van der Waals surface area contributed by atoms with Crippen LogP contribution >= 0.6 is 0 Å². The fourth-order valence-electron chi connectivity index (χ4n) is 2.23. The summed E-state index contributed by atoms with van der Waals surface area (Å²) in [6.07, 6.45) is 2.78. The molecule has 0 spiro atoms. The van der Waals surface area contributed by atoms with Gasteiger partial charge < -0.3 is 19.5 Å². The number of esters is 1. The highest BCUT2D eigenvalue weighted by Crippen LogP contribution is 2.25. The maximum Gasteiger partial charge on any atom is 0.331 e. The molecule has 0 aliphatic rings. The van der Waals surface area contributed by atoms with E-state index >= 15 is 0 Å². The number of methoxy groups -OCH3 is 2. The van der Waals surface area contributed by atoms with Gasteiger partial charge in [0.2, 0.25) is 0 Å². The molecule has 2 aromatic carbocycles. The van der Waals surface area contributed by atoms with Crippen molar-refractivity contribution in [2.45, 2.75) is 6.92 Å². The molecule has 6 heteroatoms. The number of aryl methyl sites for hydroxylation is 1. The standard InChI is InChI=1S/C20H21NO5/c1-14-5-4-6-16(11-14)21-19(22)13-26-20(23)10-7-15-12-17(24-2)8-9-18(15)25-3/h4-12H,13H2,1-3H3,(H,21,22)/b10-7+. The van der Waals surface area contributed by atoms with Crippen molar-refractivity contribution in [2.75, 3.05) is 26.1 Å². The monoisotopic (exact) mass is 355 g/mol. The van der Waals surface area contributed by atoms with Crippen LogP contribution in [0.5, 0.6) is 11.5 Å². The highest BCUT2D eigenvalue weighted by molar-refractivity contribution is 5.94. The van der Waals surface area contributed by atoms with Gasteiger partial charge in [-0.15, -0.1) is 0 Å². The van der Waals surface area contributed by atoms with Crippen molar-refractivity contribution >= 4 is 23.6 Å². The van der Waals surface area contributed by atoms with Crippen molar-refractivity contribution in [3.63, 3.8) is 0 Å². The first kappa shape index (κ1) is 19.1. The molecular formula is C20H21NO5. The predicted octanol–water partition coefficient (Wildman–Crippen LogP) is 3.21. The van der Waals surface area contributed by atoms with E-state index < -0.39 is 11.9 Å². The molecule has 0 aromatic heterocycles. The summed E-state index contributed by atoms with van der Waals surface area (Å²) in [4.78, 5) is 23.7. The Bertz CT molecular complexity index is 814. The van der Waals surface area contributed by atoms with Gasteiger partial charge in [0.05, 0.1) is 14.2 Å². The average Bonchev–Trinajstić information content (AvgIpc) is 2.64. The van der Waals surface area contributed by atoms with Gasteiger partial charge in [-0.2, -0.15) is 0 Å². The highest BCUT2D eigenvalue weighted by Gasteiger charge is 2.07. The highest BCUT2D eigenvalue weighted by atomic mass is 16.5. The normalized spacial score (nSPS) is 10.4. The first-order valence-corrected chi connectivity index (χ1v) is 7.95. The van der Waals surface area contributed by atoms with Crippen LogP contribution in [0.15, 0.2) is 48.5 Å². The number of anilines is 1. The van der Waals surface area contributed by atoms with Gasteiger partial charge in [0, 0.05) is 17.3 Å². The van der Waals surface area contributed by atoms with Crippen molar-refractivity contribution in [3.8, 4) is 11.5 Å². The minimum absolute atomic E-state index is 0.369. The predicted molar refractivity (Wildman–Crippen MR) is 99.3 cm³/mol. The molecule has 0 heterocycles. The summed E-state index contributed by atoms with van der Waals surface area (Å²) >= 11 is 0. The van der Waals surface area contributed by atoms with Crippen molar-refractivity contribution in [1.29, 1.82) is 0 Å². The van der Waals surface area contributed by atoms with Crippen molar-refractivity contribution < 1.29 is 23.8 Å². The Hall–Kier alpha value is -3.28. The van der Waals surface area contributed by atoms with Gasteiger partial charge in [-0.05, 0) is 48.9 Å². The van der Waals surface area contributed by atoms with Gasteiger partial charge in [-0.25, -0.2) is 4.79 Å². The summed E-state index contributed by atoms with van der Waals surface area (Å²) in [5, 5.41) is 2.67. The zero-order chi connectivity index (χ0) is 18.9. The molecule has 136 valence electrons. The van der Waals surface area contributed by atoms with Crippen LogP contribution in [0.3, 0.4) is 0 Å². The Kier molecular flexibility index (Phi) is 6.79. The third-order valence-electron chi connectivity index (χ3n) is 3.48. The fraction of sp³-hybridized carbons (Fsp3) is 0.200. The number of carbonyl (C=O) groups excluding carboxylic acids is 2. The molecule has 0 radical (unpaired) electrons. The second-order valence-corrected chi connectivity index (χ2v) is 5.47. The molecule has 2 rings (SSSR count). The summed E-state index contributed by atoms with van der Waals surface area (Å²) in [7, 11) is 3.09. The average molecular weight is 355 g/mol. The molecule has 0 aliphatic heterocycles. The van der Waals surface area contributed by atoms with E-state index in [1.54, 1.807) is 37.5 Å². The molecule has 0 bridgehead atoms. The lowest BCUT2D eigenvalue weighted by atomic mass is 10.1. The summed E-state index contributed by atoms with van der Waals surface area (Å²) in [5.41, 5.74) is 2.34. The summed E-state index contributed by atoms with van der Waals surface area (Å²) in [6.45, 7) is 1.56. The van der Waals surface area contributed by atoms with Gasteiger partial charge in [-0.1, -0.05) is 12.1 Å². The number of hydrogen-bond donors (Lipinski definition) is 1. The minimum Gasteiger partial charge on any atom is -0.497 e. The van der Waals surface area contributed by atoms with E-state index in [0.29, 0.717) is 22.7 Å². The van der Waals surface area contributed by atoms with Crippen molar-refractivity contribution in [3.05, 3.63) is 59.7 Å². The molecule has 0 saturated carbocycles. The Balaban J connectivity index is 1.90. The van der Waals surface area contributed by atoms with E-state index in [1.807, 2.05) is 25.1 Å². The number of hydrogen-bond acceptors (Lipinski definition) is 5. The lowest BCUT2D eigenvalue weighted by Crippen LogP contribution is -2.20. The third kappa shape index (κ3) is 5.66. The summed E-state index contributed by atoms with van der Waals surface area (Å²) in [5.74, 6) is 0.189. The van der Waals surface area contributed by atoms with Crippen LogP contribution in [-0.2, 0) is 14.3 Å². The van der Waals surface area contributed by atoms with E-state index in [1.165, 1.54) is 13.2 Å². The topological polar surface area (TPSA) is 73.9 Å². The van der Waals surface area contributed by atoms with Crippen LogP contribution in [0.2, 0.25) is 0 Å². The molecule has 26 heavy (non-hydrogen) atoms. The Morgan fingerprint density at radius 2 is 1.88 bits per heavy atom. The van der Waals surface area contributed by atoms with E-state index in [0.717, 1.165) is 5.56 Å². The molecule has 0 saturated heterocycles. The van der Waals surface area contributed by atoms with Gasteiger partial charge in [0.25, 0.3) is 5.91 Å². The number of nitrogens with one attached hydrogen (secondary N) is 1. The first-order valence-electron chi connectivity index (χ1n) is 7.95. The second kappa shape index (κ2) is 9.27. The van der Waals surface area contributed by atoms with Gasteiger partial charge in [0.15, 0.2) is 6.61 Å². The summed E-state index contributed by atoms with van der Waals surface area (Å²) in [6, 6.07) is 12.6. The number of carbonyl (C=O) groups is 2. The molecule has 0 atom stereocenters.